The predicted molar refractivity (Wildman–Crippen MR) is 210 cm³/mol. The minimum Gasteiger partial charge on any atom is -0.457 e. The highest BCUT2D eigenvalue weighted by atomic mass is 16.6. The number of nitrogens with zero attached hydrogens (tertiary/aromatic N) is 2. The summed E-state index contributed by atoms with van der Waals surface area (Å²) in [5.74, 6) is 4.99. The summed E-state index contributed by atoms with van der Waals surface area (Å²) in [5, 5.41) is 22.1. The quantitative estimate of drug-likeness (QED) is 0.0611. The smallest absolute Gasteiger partial charge is 0.269 e. The summed E-state index contributed by atoms with van der Waals surface area (Å²) in [5.41, 5.74) is 2.43. The molecule has 4 aromatic carbocycles. The first kappa shape index (κ1) is 38.0. The van der Waals surface area contributed by atoms with Crippen molar-refractivity contribution in [3.63, 3.8) is 0 Å². The summed E-state index contributed by atoms with van der Waals surface area (Å²) < 4.78 is 12.1. The van der Waals surface area contributed by atoms with E-state index in [2.05, 4.69) is 31.2 Å². The molecule has 4 aromatic rings. The molecule has 53 heavy (non-hydrogen) atoms. The summed E-state index contributed by atoms with van der Waals surface area (Å²) in [6, 6.07) is 29.0. The molecule has 0 unspecified atom stereocenters. The highest BCUT2D eigenvalue weighted by molar-refractivity contribution is 5.46. The molecule has 8 nitrogen and oxygen atoms in total. The van der Waals surface area contributed by atoms with Gasteiger partial charge in [-0.05, 0) is 116 Å². The Morgan fingerprint density at radius 1 is 0.528 bits per heavy atom. The Labute approximate surface area is 314 Å². The summed E-state index contributed by atoms with van der Waals surface area (Å²) in [6.45, 7) is 2.28. The number of nitro groups is 2. The van der Waals surface area contributed by atoms with Crippen molar-refractivity contribution in [1.82, 2.24) is 0 Å². The average molecular weight is 719 g/mol. The van der Waals surface area contributed by atoms with E-state index in [0.717, 1.165) is 30.6 Å². The van der Waals surface area contributed by atoms with Crippen molar-refractivity contribution in [3.05, 3.63) is 128 Å². The van der Waals surface area contributed by atoms with Gasteiger partial charge in [0.25, 0.3) is 11.4 Å². The van der Waals surface area contributed by atoms with Crippen LogP contribution in [-0.2, 0) is 5.41 Å². The predicted octanol–water partition coefficient (Wildman–Crippen LogP) is 13.5. The molecule has 0 amide bonds. The second kappa shape index (κ2) is 18.4. The van der Waals surface area contributed by atoms with E-state index in [0.29, 0.717) is 23.0 Å². The third kappa shape index (κ3) is 10.0. The van der Waals surface area contributed by atoms with Gasteiger partial charge in [0.05, 0.1) is 9.85 Å². The second-order valence-corrected chi connectivity index (χ2v) is 15.4. The Kier molecular flexibility index (Phi) is 13.2. The molecule has 0 N–H and O–H groups in total. The van der Waals surface area contributed by atoms with Gasteiger partial charge >= 0.3 is 0 Å². The highest BCUT2D eigenvalue weighted by Gasteiger charge is 2.41. The van der Waals surface area contributed by atoms with Gasteiger partial charge in [-0.1, -0.05) is 95.4 Å². The maximum atomic E-state index is 11.1. The van der Waals surface area contributed by atoms with Crippen LogP contribution in [0, 0.1) is 38.0 Å². The van der Waals surface area contributed by atoms with Crippen LogP contribution in [0.4, 0.5) is 11.4 Å². The summed E-state index contributed by atoms with van der Waals surface area (Å²) in [6.07, 6.45) is 21.2. The second-order valence-electron chi connectivity index (χ2n) is 15.4. The maximum Gasteiger partial charge on any atom is 0.269 e. The Morgan fingerprint density at radius 2 is 0.906 bits per heavy atom. The van der Waals surface area contributed by atoms with Gasteiger partial charge in [-0.25, -0.2) is 0 Å². The van der Waals surface area contributed by atoms with Gasteiger partial charge in [-0.3, -0.25) is 20.2 Å². The van der Waals surface area contributed by atoms with E-state index in [1.165, 1.54) is 125 Å². The molecule has 0 saturated heterocycles. The van der Waals surface area contributed by atoms with Crippen LogP contribution in [0.3, 0.4) is 0 Å². The van der Waals surface area contributed by atoms with Crippen LogP contribution in [0.5, 0.6) is 23.0 Å². The van der Waals surface area contributed by atoms with Gasteiger partial charge in [-0.15, -0.1) is 0 Å². The summed E-state index contributed by atoms with van der Waals surface area (Å²) in [7, 11) is 0. The molecule has 2 saturated carbocycles. The molecule has 0 aliphatic heterocycles. The number of nitro benzene ring substituents is 2. The Hall–Kier alpha value is -4.72. The summed E-state index contributed by atoms with van der Waals surface area (Å²) >= 11 is 0. The number of benzene rings is 4. The van der Waals surface area contributed by atoms with Crippen LogP contribution in [0.1, 0.15) is 121 Å². The zero-order chi connectivity index (χ0) is 37.0. The largest absolute Gasteiger partial charge is 0.457 e. The van der Waals surface area contributed by atoms with Crippen molar-refractivity contribution in [2.75, 3.05) is 0 Å². The minimum atomic E-state index is -0.413. The van der Waals surface area contributed by atoms with Gasteiger partial charge in [-0.2, -0.15) is 0 Å². The van der Waals surface area contributed by atoms with Gasteiger partial charge in [0.2, 0.25) is 0 Å². The molecule has 0 bridgehead atoms. The first-order chi connectivity index (χ1) is 25.8. The van der Waals surface area contributed by atoms with Crippen molar-refractivity contribution >= 4 is 11.4 Å². The zero-order valence-electron chi connectivity index (χ0n) is 31.1. The first-order valence-electron chi connectivity index (χ1n) is 19.9. The van der Waals surface area contributed by atoms with Crippen LogP contribution in [0.15, 0.2) is 97.1 Å². The van der Waals surface area contributed by atoms with Gasteiger partial charge in [0.1, 0.15) is 23.0 Å². The molecule has 280 valence electrons. The maximum absolute atomic E-state index is 11.1. The van der Waals surface area contributed by atoms with E-state index < -0.39 is 9.85 Å². The molecular weight excluding hydrogens is 665 g/mol. The first-order valence-corrected chi connectivity index (χ1v) is 19.9. The molecule has 6 rings (SSSR count). The van der Waals surface area contributed by atoms with E-state index in [4.69, 9.17) is 9.47 Å². The summed E-state index contributed by atoms with van der Waals surface area (Å²) in [4.78, 5) is 21.3. The van der Waals surface area contributed by atoms with Gasteiger partial charge in [0, 0.05) is 29.7 Å². The number of unbranched alkanes of at least 4 members (excludes halogenated alkanes) is 6. The molecular formula is C45H54N2O6. The molecule has 0 aromatic heterocycles. The van der Waals surface area contributed by atoms with Crippen molar-refractivity contribution < 1.29 is 19.3 Å². The lowest BCUT2D eigenvalue weighted by atomic mass is 9.60. The number of hydrogen-bond acceptors (Lipinski definition) is 6. The van der Waals surface area contributed by atoms with Crippen molar-refractivity contribution in [2.24, 2.45) is 17.8 Å². The standard InChI is InChI=1S/C45H54N2O6/c1-2-3-4-5-6-7-8-9-34-10-12-35(13-11-34)36-30-32-45(33-31-36,37-14-22-41(23-15-37)52-43-26-18-39(19-27-43)46(48)49)38-16-24-42(25-17-38)53-44-28-20-40(21-29-44)47(50)51/h14-29,34-36H,2-13,30-33H2,1H3/t34-,35-. The van der Waals surface area contributed by atoms with Gasteiger partial charge in [0.15, 0.2) is 0 Å². The zero-order valence-corrected chi connectivity index (χ0v) is 31.1. The Morgan fingerprint density at radius 3 is 1.32 bits per heavy atom. The molecule has 2 aliphatic carbocycles. The molecule has 2 fully saturated rings. The van der Waals surface area contributed by atoms with Crippen LogP contribution in [-0.4, -0.2) is 9.85 Å². The average Bonchev–Trinajstić information content (AvgIpc) is 3.19. The van der Waals surface area contributed by atoms with Crippen molar-refractivity contribution in [1.29, 1.82) is 0 Å². The monoisotopic (exact) mass is 718 g/mol. The Bertz CT molecular complexity index is 1630. The molecule has 0 heterocycles. The fourth-order valence-corrected chi connectivity index (χ4v) is 8.91. The van der Waals surface area contributed by atoms with E-state index in [1.54, 1.807) is 24.3 Å². The van der Waals surface area contributed by atoms with Crippen LogP contribution in [0.25, 0.3) is 0 Å². The third-order valence-corrected chi connectivity index (χ3v) is 12.0. The van der Waals surface area contributed by atoms with Crippen LogP contribution < -0.4 is 9.47 Å². The number of rotatable bonds is 17. The Balaban J connectivity index is 1.11. The van der Waals surface area contributed by atoms with Crippen LogP contribution in [0.2, 0.25) is 0 Å². The lowest BCUT2D eigenvalue weighted by molar-refractivity contribution is -0.385. The molecule has 8 heteroatoms. The fraction of sp³-hybridized carbons (Fsp3) is 0.467. The van der Waals surface area contributed by atoms with Gasteiger partial charge < -0.3 is 9.47 Å². The lowest BCUT2D eigenvalue weighted by Gasteiger charge is -2.44. The van der Waals surface area contributed by atoms with E-state index >= 15 is 0 Å². The van der Waals surface area contributed by atoms with E-state index in [9.17, 15) is 20.2 Å². The molecule has 0 radical (unpaired) electrons. The van der Waals surface area contributed by atoms with Crippen molar-refractivity contribution in [2.45, 2.75) is 115 Å². The lowest BCUT2D eigenvalue weighted by Crippen LogP contribution is -2.35. The van der Waals surface area contributed by atoms with E-state index in [-0.39, 0.29) is 16.8 Å². The molecule has 0 atom stereocenters. The number of hydrogen-bond donors (Lipinski definition) is 0. The van der Waals surface area contributed by atoms with Crippen LogP contribution >= 0.6 is 0 Å². The van der Waals surface area contributed by atoms with E-state index in [1.807, 2.05) is 24.3 Å². The number of non-ortho nitro benzene ring substituents is 2. The minimum absolute atomic E-state index is 0.0333. The molecule has 0 spiro atoms. The highest BCUT2D eigenvalue weighted by Crippen LogP contribution is 2.51. The topological polar surface area (TPSA) is 105 Å². The number of ether oxygens (including phenoxy) is 2. The fourth-order valence-electron chi connectivity index (χ4n) is 8.91. The molecule has 2 aliphatic rings. The normalized spacial score (nSPS) is 18.7. The third-order valence-electron chi connectivity index (χ3n) is 12.0. The SMILES string of the molecule is CCCCCCCCC[C@H]1CC[C@H](C2CCC(c3ccc(Oc4ccc([N+](=O)[O-])cc4)cc3)(c3ccc(Oc4ccc([N+](=O)[O-])cc4)cc3)CC2)CC1. The van der Waals surface area contributed by atoms with Crippen molar-refractivity contribution in [3.8, 4) is 23.0 Å².